The van der Waals surface area contributed by atoms with Gasteiger partial charge < -0.3 is 9.80 Å². The number of hydrogen-bond donors (Lipinski definition) is 0. The fraction of sp³-hybridized carbons (Fsp3) is 0.667. The number of unbranched alkanes of at least 4 members (excludes halogenated alkanes) is 1. The summed E-state index contributed by atoms with van der Waals surface area (Å²) in [4.78, 5) is 12.9. The minimum atomic E-state index is 0.616. The van der Waals surface area contributed by atoms with Crippen molar-refractivity contribution >= 4 is 23.4 Å². The lowest BCUT2D eigenvalue weighted by Gasteiger charge is -2.23. The molecular formula is C12H21ClN4. The zero-order valence-electron chi connectivity index (χ0n) is 10.9. The SMILES string of the molecule is CCCCN(CCCl)c1ccnc(N(C)C)n1. The Morgan fingerprint density at radius 2 is 2.06 bits per heavy atom. The van der Waals surface area contributed by atoms with E-state index in [0.29, 0.717) is 5.88 Å². The van der Waals surface area contributed by atoms with E-state index in [2.05, 4.69) is 21.8 Å². The molecule has 96 valence electrons. The molecule has 0 bridgehead atoms. The molecule has 0 amide bonds. The topological polar surface area (TPSA) is 32.3 Å². The van der Waals surface area contributed by atoms with Crippen molar-refractivity contribution in [3.63, 3.8) is 0 Å². The zero-order chi connectivity index (χ0) is 12.7. The molecule has 0 aliphatic carbocycles. The van der Waals surface area contributed by atoms with Gasteiger partial charge in [0.15, 0.2) is 0 Å². The number of rotatable bonds is 7. The standard InChI is InChI=1S/C12H21ClN4/c1-4-5-9-17(10-7-13)11-6-8-14-12(15-11)16(2)3/h6,8H,4-5,7,9-10H2,1-3H3. The van der Waals surface area contributed by atoms with Crippen LogP contribution in [0.3, 0.4) is 0 Å². The second-order valence-corrected chi connectivity index (χ2v) is 4.52. The fourth-order valence-electron chi connectivity index (χ4n) is 1.52. The highest BCUT2D eigenvalue weighted by Crippen LogP contribution is 2.14. The van der Waals surface area contributed by atoms with Crippen molar-refractivity contribution in [1.82, 2.24) is 9.97 Å². The molecule has 5 heteroatoms. The summed E-state index contributed by atoms with van der Waals surface area (Å²) in [6, 6.07) is 1.94. The normalized spacial score (nSPS) is 10.4. The number of halogens is 1. The van der Waals surface area contributed by atoms with Crippen LogP contribution in [0.5, 0.6) is 0 Å². The molecule has 0 fully saturated rings. The summed E-state index contributed by atoms with van der Waals surface area (Å²) in [5.74, 6) is 2.31. The van der Waals surface area contributed by atoms with Crippen molar-refractivity contribution in [2.45, 2.75) is 19.8 Å². The van der Waals surface area contributed by atoms with Gasteiger partial charge >= 0.3 is 0 Å². The van der Waals surface area contributed by atoms with Crippen molar-refractivity contribution in [3.8, 4) is 0 Å². The Kier molecular flexibility index (Phi) is 6.05. The van der Waals surface area contributed by atoms with Gasteiger partial charge in [0.1, 0.15) is 5.82 Å². The van der Waals surface area contributed by atoms with E-state index in [1.54, 1.807) is 6.20 Å². The van der Waals surface area contributed by atoms with Gasteiger partial charge in [-0.1, -0.05) is 13.3 Å². The first-order valence-corrected chi connectivity index (χ1v) is 6.53. The number of nitrogens with zero attached hydrogens (tertiary/aromatic N) is 4. The van der Waals surface area contributed by atoms with Gasteiger partial charge in [-0.05, 0) is 12.5 Å². The van der Waals surface area contributed by atoms with E-state index in [1.807, 2.05) is 25.1 Å². The van der Waals surface area contributed by atoms with Crippen LogP contribution in [0, 0.1) is 0 Å². The molecule has 0 unspecified atom stereocenters. The molecule has 0 saturated carbocycles. The first-order chi connectivity index (χ1) is 8.19. The summed E-state index contributed by atoms with van der Waals surface area (Å²) in [7, 11) is 3.88. The maximum Gasteiger partial charge on any atom is 0.226 e. The lowest BCUT2D eigenvalue weighted by Crippen LogP contribution is -2.28. The molecule has 0 aliphatic rings. The van der Waals surface area contributed by atoms with Crippen molar-refractivity contribution < 1.29 is 0 Å². The summed E-state index contributed by atoms with van der Waals surface area (Å²) in [5, 5.41) is 0. The third-order valence-electron chi connectivity index (χ3n) is 2.49. The largest absolute Gasteiger partial charge is 0.355 e. The van der Waals surface area contributed by atoms with Crippen LogP contribution in [0.25, 0.3) is 0 Å². The quantitative estimate of drug-likeness (QED) is 0.702. The lowest BCUT2D eigenvalue weighted by atomic mass is 10.3. The highest BCUT2D eigenvalue weighted by molar-refractivity contribution is 6.18. The highest BCUT2D eigenvalue weighted by atomic mass is 35.5. The first-order valence-electron chi connectivity index (χ1n) is 6.00. The van der Waals surface area contributed by atoms with E-state index in [1.165, 1.54) is 6.42 Å². The van der Waals surface area contributed by atoms with E-state index in [0.717, 1.165) is 31.3 Å². The molecule has 0 atom stereocenters. The molecule has 0 aliphatic heterocycles. The second-order valence-electron chi connectivity index (χ2n) is 4.14. The van der Waals surface area contributed by atoms with Gasteiger partial charge in [-0.25, -0.2) is 4.98 Å². The molecule has 17 heavy (non-hydrogen) atoms. The van der Waals surface area contributed by atoms with Gasteiger partial charge in [0, 0.05) is 39.3 Å². The second kappa shape index (κ2) is 7.33. The highest BCUT2D eigenvalue weighted by Gasteiger charge is 2.08. The molecule has 0 aromatic carbocycles. The van der Waals surface area contributed by atoms with Crippen molar-refractivity contribution in [2.24, 2.45) is 0 Å². The zero-order valence-corrected chi connectivity index (χ0v) is 11.6. The Morgan fingerprint density at radius 3 is 2.65 bits per heavy atom. The smallest absolute Gasteiger partial charge is 0.226 e. The molecular weight excluding hydrogens is 236 g/mol. The minimum Gasteiger partial charge on any atom is -0.355 e. The molecule has 1 aromatic heterocycles. The third kappa shape index (κ3) is 4.38. The maximum atomic E-state index is 5.83. The summed E-state index contributed by atoms with van der Waals surface area (Å²) in [6.45, 7) is 4.00. The van der Waals surface area contributed by atoms with E-state index >= 15 is 0 Å². The fourth-order valence-corrected chi connectivity index (χ4v) is 1.73. The average Bonchev–Trinajstić information content (AvgIpc) is 2.34. The summed E-state index contributed by atoms with van der Waals surface area (Å²) >= 11 is 5.83. The van der Waals surface area contributed by atoms with Gasteiger partial charge in [-0.15, -0.1) is 11.6 Å². The summed E-state index contributed by atoms with van der Waals surface area (Å²) in [5.41, 5.74) is 0. The number of hydrogen-bond acceptors (Lipinski definition) is 4. The van der Waals surface area contributed by atoms with Crippen LogP contribution >= 0.6 is 11.6 Å². The van der Waals surface area contributed by atoms with Gasteiger partial charge in [0.25, 0.3) is 0 Å². The van der Waals surface area contributed by atoms with Crippen LogP contribution in [0.4, 0.5) is 11.8 Å². The lowest BCUT2D eigenvalue weighted by molar-refractivity contribution is 0.724. The number of alkyl halides is 1. The Labute approximate surface area is 109 Å². The van der Waals surface area contributed by atoms with Crippen molar-refractivity contribution in [1.29, 1.82) is 0 Å². The monoisotopic (exact) mass is 256 g/mol. The first kappa shape index (κ1) is 14.0. The van der Waals surface area contributed by atoms with Gasteiger partial charge in [0.2, 0.25) is 5.95 Å². The van der Waals surface area contributed by atoms with E-state index in [9.17, 15) is 0 Å². The third-order valence-corrected chi connectivity index (χ3v) is 2.66. The van der Waals surface area contributed by atoms with Gasteiger partial charge in [-0.2, -0.15) is 4.98 Å². The molecule has 1 heterocycles. The van der Waals surface area contributed by atoms with Crippen LogP contribution in [0.1, 0.15) is 19.8 Å². The van der Waals surface area contributed by atoms with Crippen molar-refractivity contribution in [2.75, 3.05) is 42.9 Å². The molecule has 0 spiro atoms. The van der Waals surface area contributed by atoms with E-state index in [-0.39, 0.29) is 0 Å². The molecule has 4 nitrogen and oxygen atoms in total. The Balaban J connectivity index is 2.81. The minimum absolute atomic E-state index is 0.616. The van der Waals surface area contributed by atoms with Crippen molar-refractivity contribution in [3.05, 3.63) is 12.3 Å². The Hall–Kier alpha value is -1.03. The molecule has 0 saturated heterocycles. The summed E-state index contributed by atoms with van der Waals surface area (Å²) in [6.07, 6.45) is 4.12. The summed E-state index contributed by atoms with van der Waals surface area (Å²) < 4.78 is 0. The molecule has 0 N–H and O–H groups in total. The Morgan fingerprint density at radius 1 is 1.29 bits per heavy atom. The predicted octanol–water partition coefficient (Wildman–Crippen LogP) is 2.39. The average molecular weight is 257 g/mol. The van der Waals surface area contributed by atoms with Crippen LogP contribution in [-0.4, -0.2) is 43.0 Å². The van der Waals surface area contributed by atoms with Gasteiger partial charge in [-0.3, -0.25) is 0 Å². The molecule has 1 rings (SSSR count). The van der Waals surface area contributed by atoms with E-state index in [4.69, 9.17) is 11.6 Å². The van der Waals surface area contributed by atoms with Crippen LogP contribution in [0.2, 0.25) is 0 Å². The molecule has 0 radical (unpaired) electrons. The van der Waals surface area contributed by atoms with Crippen LogP contribution < -0.4 is 9.80 Å². The van der Waals surface area contributed by atoms with E-state index < -0.39 is 0 Å². The predicted molar refractivity (Wildman–Crippen MR) is 74.2 cm³/mol. The molecule has 1 aromatic rings. The van der Waals surface area contributed by atoms with Crippen LogP contribution in [-0.2, 0) is 0 Å². The van der Waals surface area contributed by atoms with Crippen LogP contribution in [0.15, 0.2) is 12.3 Å². The maximum absolute atomic E-state index is 5.83. The number of aromatic nitrogens is 2. The van der Waals surface area contributed by atoms with Gasteiger partial charge in [0.05, 0.1) is 0 Å². The number of anilines is 2. The Bertz CT molecular complexity index is 330.